The highest BCUT2D eigenvalue weighted by atomic mass is 16.5. The molecule has 1 heterocycles. The molecule has 3 aromatic carbocycles. The number of ether oxygens (including phenoxy) is 1. The second-order valence-electron chi connectivity index (χ2n) is 6.94. The van der Waals surface area contributed by atoms with E-state index in [-0.39, 0.29) is 17.7 Å². The van der Waals surface area contributed by atoms with Gasteiger partial charge in [0.25, 0.3) is 11.8 Å². The quantitative estimate of drug-likeness (QED) is 0.655. The van der Waals surface area contributed by atoms with Crippen LogP contribution in [0.3, 0.4) is 0 Å². The average Bonchev–Trinajstić information content (AvgIpc) is 2.98. The number of rotatable bonds is 4. The van der Waals surface area contributed by atoms with Gasteiger partial charge in [-0.2, -0.15) is 0 Å². The molecular formula is C24H21N3O3. The summed E-state index contributed by atoms with van der Waals surface area (Å²) in [7, 11) is 1.80. The zero-order chi connectivity index (χ0) is 21.1. The van der Waals surface area contributed by atoms with Gasteiger partial charge in [-0.25, -0.2) is 15.0 Å². The van der Waals surface area contributed by atoms with Gasteiger partial charge in [-0.1, -0.05) is 36.4 Å². The van der Waals surface area contributed by atoms with E-state index in [4.69, 9.17) is 4.74 Å². The van der Waals surface area contributed by atoms with Crippen molar-refractivity contribution in [2.24, 2.45) is 4.99 Å². The number of nitrogens with zero attached hydrogens (tertiary/aromatic N) is 3. The lowest BCUT2D eigenvalue weighted by atomic mass is 10.2. The minimum absolute atomic E-state index is 0.218. The topological polar surface area (TPSA) is 62.2 Å². The van der Waals surface area contributed by atoms with Crippen molar-refractivity contribution in [1.29, 1.82) is 0 Å². The van der Waals surface area contributed by atoms with Crippen molar-refractivity contribution >= 4 is 23.2 Å². The molecule has 0 aromatic heterocycles. The van der Waals surface area contributed by atoms with E-state index in [1.54, 1.807) is 36.3 Å². The monoisotopic (exact) mass is 399 g/mol. The highest BCUT2D eigenvalue weighted by Crippen LogP contribution is 2.25. The Hall–Kier alpha value is -3.77. The van der Waals surface area contributed by atoms with E-state index in [0.717, 1.165) is 5.69 Å². The van der Waals surface area contributed by atoms with Crippen LogP contribution in [0.4, 0.5) is 5.69 Å². The molecule has 0 N–H and O–H groups in total. The van der Waals surface area contributed by atoms with Gasteiger partial charge in [0.1, 0.15) is 17.2 Å². The van der Waals surface area contributed by atoms with Crippen LogP contribution >= 0.6 is 0 Å². The molecule has 1 saturated heterocycles. The third-order valence-electron chi connectivity index (χ3n) is 4.99. The SMILES string of the molecule is CC1C(=NC(=O)c2ccc(Oc3ccccc3)cc2)C(=O)N(c2ccccc2)N1C. The van der Waals surface area contributed by atoms with Crippen LogP contribution in [0.2, 0.25) is 0 Å². The molecule has 6 heteroatoms. The molecule has 3 aromatic rings. The number of carbonyl (C=O) groups is 2. The first-order valence-electron chi connectivity index (χ1n) is 9.63. The maximum absolute atomic E-state index is 12.9. The molecule has 0 spiro atoms. The van der Waals surface area contributed by atoms with Crippen LogP contribution < -0.4 is 9.75 Å². The summed E-state index contributed by atoms with van der Waals surface area (Å²) in [5.41, 5.74) is 1.34. The Balaban J connectivity index is 1.53. The summed E-state index contributed by atoms with van der Waals surface area (Å²) in [5.74, 6) is 0.574. The zero-order valence-corrected chi connectivity index (χ0v) is 16.7. The molecule has 30 heavy (non-hydrogen) atoms. The molecule has 4 rings (SSSR count). The fraction of sp³-hybridized carbons (Fsp3) is 0.125. The molecule has 6 nitrogen and oxygen atoms in total. The zero-order valence-electron chi connectivity index (χ0n) is 16.7. The van der Waals surface area contributed by atoms with Crippen LogP contribution in [0.15, 0.2) is 89.9 Å². The standard InChI is InChI=1S/C24H21N3O3/c1-17-22(24(29)27(26(17)2)19-9-5-3-6-10-19)25-23(28)18-13-15-21(16-14-18)30-20-11-7-4-8-12-20/h3-17H,1-2H3. The molecule has 0 radical (unpaired) electrons. The molecule has 1 aliphatic heterocycles. The Morgan fingerprint density at radius 2 is 1.43 bits per heavy atom. The summed E-state index contributed by atoms with van der Waals surface area (Å²) < 4.78 is 5.74. The summed E-state index contributed by atoms with van der Waals surface area (Å²) in [6, 6.07) is 25.1. The summed E-state index contributed by atoms with van der Waals surface area (Å²) in [6.45, 7) is 1.85. The lowest BCUT2D eigenvalue weighted by Gasteiger charge is -2.25. The average molecular weight is 399 g/mol. The second kappa shape index (κ2) is 8.31. The van der Waals surface area contributed by atoms with Gasteiger partial charge in [0.05, 0.1) is 11.7 Å². The van der Waals surface area contributed by atoms with Crippen LogP contribution in [0.25, 0.3) is 0 Å². The van der Waals surface area contributed by atoms with E-state index in [2.05, 4.69) is 4.99 Å². The number of hydrazine groups is 1. The second-order valence-corrected chi connectivity index (χ2v) is 6.94. The van der Waals surface area contributed by atoms with Crippen LogP contribution in [-0.4, -0.2) is 35.6 Å². The van der Waals surface area contributed by atoms with E-state index in [1.807, 2.05) is 67.6 Å². The van der Waals surface area contributed by atoms with E-state index in [1.165, 1.54) is 5.01 Å². The van der Waals surface area contributed by atoms with Gasteiger partial charge in [0, 0.05) is 12.6 Å². The largest absolute Gasteiger partial charge is 0.457 e. The number of para-hydroxylation sites is 2. The molecule has 1 atom stereocenters. The van der Waals surface area contributed by atoms with Gasteiger partial charge in [0.15, 0.2) is 0 Å². The lowest BCUT2D eigenvalue weighted by molar-refractivity contribution is -0.113. The normalized spacial score (nSPS) is 18.1. The van der Waals surface area contributed by atoms with E-state index in [0.29, 0.717) is 17.1 Å². The first kappa shape index (κ1) is 19.5. The Bertz CT molecular complexity index is 1080. The Kier molecular flexibility index (Phi) is 5.41. The van der Waals surface area contributed by atoms with Crippen molar-refractivity contribution in [2.75, 3.05) is 12.1 Å². The number of hydrogen-bond donors (Lipinski definition) is 0. The Labute approximate surface area is 175 Å². The maximum Gasteiger partial charge on any atom is 0.289 e. The third-order valence-corrected chi connectivity index (χ3v) is 4.99. The summed E-state index contributed by atoms with van der Waals surface area (Å²) in [5, 5.41) is 3.31. The highest BCUT2D eigenvalue weighted by molar-refractivity contribution is 6.48. The van der Waals surface area contributed by atoms with Crippen molar-refractivity contribution in [1.82, 2.24) is 5.01 Å². The van der Waals surface area contributed by atoms with E-state index >= 15 is 0 Å². The van der Waals surface area contributed by atoms with Gasteiger partial charge >= 0.3 is 0 Å². The molecule has 1 aliphatic rings. The van der Waals surface area contributed by atoms with Crippen LogP contribution in [0.5, 0.6) is 11.5 Å². The number of hydrogen-bond acceptors (Lipinski definition) is 4. The minimum atomic E-state index is -0.459. The first-order valence-corrected chi connectivity index (χ1v) is 9.63. The number of aliphatic imine (C=N–C) groups is 1. The van der Waals surface area contributed by atoms with Crippen LogP contribution in [0, 0.1) is 0 Å². The van der Waals surface area contributed by atoms with Crippen LogP contribution in [0.1, 0.15) is 17.3 Å². The fourth-order valence-electron chi connectivity index (χ4n) is 3.25. The van der Waals surface area contributed by atoms with Crippen molar-refractivity contribution in [3.05, 3.63) is 90.5 Å². The number of amides is 2. The number of benzene rings is 3. The summed E-state index contributed by atoms with van der Waals surface area (Å²) in [6.07, 6.45) is 0. The molecule has 0 saturated carbocycles. The highest BCUT2D eigenvalue weighted by Gasteiger charge is 2.40. The fourth-order valence-corrected chi connectivity index (χ4v) is 3.25. The van der Waals surface area contributed by atoms with E-state index in [9.17, 15) is 9.59 Å². The smallest absolute Gasteiger partial charge is 0.289 e. The van der Waals surface area contributed by atoms with Gasteiger partial charge < -0.3 is 4.74 Å². The minimum Gasteiger partial charge on any atom is -0.457 e. The number of anilines is 1. The van der Waals surface area contributed by atoms with Gasteiger partial charge in [0.2, 0.25) is 0 Å². The predicted molar refractivity (Wildman–Crippen MR) is 116 cm³/mol. The molecular weight excluding hydrogens is 378 g/mol. The van der Waals surface area contributed by atoms with Gasteiger partial charge in [-0.15, -0.1) is 0 Å². The van der Waals surface area contributed by atoms with Crippen molar-refractivity contribution in [3.8, 4) is 11.5 Å². The van der Waals surface area contributed by atoms with Crippen molar-refractivity contribution in [3.63, 3.8) is 0 Å². The van der Waals surface area contributed by atoms with Crippen molar-refractivity contribution < 1.29 is 14.3 Å². The molecule has 1 unspecified atom stereocenters. The van der Waals surface area contributed by atoms with E-state index < -0.39 is 5.91 Å². The number of carbonyl (C=O) groups excluding carboxylic acids is 2. The first-order chi connectivity index (χ1) is 14.5. The van der Waals surface area contributed by atoms with Crippen LogP contribution in [-0.2, 0) is 4.79 Å². The summed E-state index contributed by atoms with van der Waals surface area (Å²) in [4.78, 5) is 29.8. The Morgan fingerprint density at radius 3 is 2.07 bits per heavy atom. The van der Waals surface area contributed by atoms with Crippen molar-refractivity contribution in [2.45, 2.75) is 13.0 Å². The molecule has 2 amide bonds. The molecule has 0 bridgehead atoms. The third kappa shape index (κ3) is 3.86. The summed E-state index contributed by atoms with van der Waals surface area (Å²) >= 11 is 0. The lowest BCUT2D eigenvalue weighted by Crippen LogP contribution is -2.38. The van der Waals surface area contributed by atoms with Gasteiger partial charge in [-0.05, 0) is 55.5 Å². The molecule has 0 aliphatic carbocycles. The van der Waals surface area contributed by atoms with Gasteiger partial charge in [-0.3, -0.25) is 9.59 Å². The Morgan fingerprint density at radius 1 is 0.867 bits per heavy atom. The molecule has 1 fully saturated rings. The maximum atomic E-state index is 12.9. The molecule has 150 valence electrons. The predicted octanol–water partition coefficient (Wildman–Crippen LogP) is 4.34.